The molecule has 1 heterocycles. The Morgan fingerprint density at radius 2 is 1.81 bits per heavy atom. The minimum absolute atomic E-state index is 0.124. The first kappa shape index (κ1) is 18.5. The predicted molar refractivity (Wildman–Crippen MR) is 111 cm³/mol. The van der Waals surface area contributed by atoms with E-state index in [1.165, 1.54) is 17.3 Å². The molecule has 0 spiro atoms. The Morgan fingerprint density at radius 3 is 2.46 bits per heavy atom. The number of ether oxygens (including phenoxy) is 2. The molecule has 0 aliphatic carbocycles. The van der Waals surface area contributed by atoms with Gasteiger partial charge in [0.2, 0.25) is 0 Å². The molecule has 0 unspecified atom stereocenters. The maximum absolute atomic E-state index is 12.9. The average Bonchev–Trinajstić information content (AvgIpc) is 2.91. The Labute approximate surface area is 162 Å². The largest absolute Gasteiger partial charge is 0.497 e. The lowest BCUT2D eigenvalue weighted by atomic mass is 10.1. The smallest absolute Gasteiger partial charge is 0.270 e. The van der Waals surface area contributed by atoms with Gasteiger partial charge in [-0.2, -0.15) is 0 Å². The lowest BCUT2D eigenvalue weighted by molar-refractivity contribution is -0.113. The lowest BCUT2D eigenvalue weighted by Gasteiger charge is -2.16. The van der Waals surface area contributed by atoms with Crippen molar-refractivity contribution in [1.29, 1.82) is 0 Å². The molecule has 0 atom stereocenters. The summed E-state index contributed by atoms with van der Waals surface area (Å²) in [6, 6.07) is 11.4. The molecule has 0 bridgehead atoms. The summed E-state index contributed by atoms with van der Waals surface area (Å²) in [5.74, 6) is 1.21. The first-order chi connectivity index (χ1) is 12.4. The Bertz CT molecular complexity index is 921. The van der Waals surface area contributed by atoms with Crippen LogP contribution in [-0.4, -0.2) is 24.4 Å². The number of hydrogen-bond acceptors (Lipinski definition) is 5. The molecule has 1 saturated heterocycles. The number of methoxy groups -OCH3 is 2. The highest BCUT2D eigenvalue weighted by molar-refractivity contribution is 8.27. The van der Waals surface area contributed by atoms with Gasteiger partial charge in [-0.25, -0.2) is 0 Å². The molecular formula is C20H19NO3S2. The van der Waals surface area contributed by atoms with E-state index in [2.05, 4.69) is 0 Å². The second-order valence-corrected chi connectivity index (χ2v) is 7.57. The molecule has 2 aromatic carbocycles. The number of hydrogen-bond donors (Lipinski definition) is 0. The van der Waals surface area contributed by atoms with Crippen molar-refractivity contribution in [3.05, 3.63) is 58.0 Å². The van der Waals surface area contributed by atoms with Gasteiger partial charge < -0.3 is 9.47 Å². The van der Waals surface area contributed by atoms with E-state index >= 15 is 0 Å². The highest BCUT2D eigenvalue weighted by Crippen LogP contribution is 2.38. The molecular weight excluding hydrogens is 366 g/mol. The zero-order valence-electron chi connectivity index (χ0n) is 15.0. The SMILES string of the molecule is COc1ccc(C=C2SC(=S)N(c3ccc(C)c(C)c3)C2=O)c(OC)c1. The van der Waals surface area contributed by atoms with Crippen molar-refractivity contribution in [2.75, 3.05) is 19.1 Å². The van der Waals surface area contributed by atoms with Gasteiger partial charge in [0.05, 0.1) is 24.8 Å². The highest BCUT2D eigenvalue weighted by Gasteiger charge is 2.33. The minimum Gasteiger partial charge on any atom is -0.497 e. The topological polar surface area (TPSA) is 38.8 Å². The summed E-state index contributed by atoms with van der Waals surface area (Å²) in [5, 5.41) is 0. The third kappa shape index (κ3) is 3.48. The Kier molecular flexibility index (Phi) is 5.34. The fourth-order valence-electron chi connectivity index (χ4n) is 2.63. The van der Waals surface area contributed by atoms with Crippen LogP contribution in [0.4, 0.5) is 5.69 Å². The third-order valence-electron chi connectivity index (χ3n) is 4.27. The molecule has 1 aliphatic heterocycles. The van der Waals surface area contributed by atoms with E-state index in [1.54, 1.807) is 31.3 Å². The van der Waals surface area contributed by atoms with Crippen molar-refractivity contribution in [3.8, 4) is 11.5 Å². The molecule has 26 heavy (non-hydrogen) atoms. The van der Waals surface area contributed by atoms with Crippen molar-refractivity contribution >= 4 is 46.0 Å². The van der Waals surface area contributed by atoms with Crippen LogP contribution in [0.25, 0.3) is 6.08 Å². The summed E-state index contributed by atoms with van der Waals surface area (Å²) in [6.07, 6.45) is 1.80. The second-order valence-electron chi connectivity index (χ2n) is 5.89. The average molecular weight is 386 g/mol. The van der Waals surface area contributed by atoms with Gasteiger partial charge in [-0.3, -0.25) is 9.69 Å². The van der Waals surface area contributed by atoms with Gasteiger partial charge in [0.25, 0.3) is 5.91 Å². The number of anilines is 1. The summed E-state index contributed by atoms with van der Waals surface area (Å²) in [6.45, 7) is 4.06. The molecule has 2 aromatic rings. The van der Waals surface area contributed by atoms with E-state index in [9.17, 15) is 4.79 Å². The number of thioether (sulfide) groups is 1. The first-order valence-corrected chi connectivity index (χ1v) is 9.24. The summed E-state index contributed by atoms with van der Waals surface area (Å²) < 4.78 is 11.1. The Morgan fingerprint density at radius 1 is 1.04 bits per heavy atom. The van der Waals surface area contributed by atoms with E-state index in [0.717, 1.165) is 16.8 Å². The number of carbonyl (C=O) groups excluding carboxylic acids is 1. The van der Waals surface area contributed by atoms with E-state index < -0.39 is 0 Å². The van der Waals surface area contributed by atoms with Gasteiger partial charge in [-0.1, -0.05) is 30.0 Å². The second kappa shape index (κ2) is 7.51. The minimum atomic E-state index is -0.124. The fraction of sp³-hybridized carbons (Fsp3) is 0.200. The van der Waals surface area contributed by atoms with E-state index in [1.807, 2.05) is 44.2 Å². The van der Waals surface area contributed by atoms with Crippen LogP contribution in [0.5, 0.6) is 11.5 Å². The summed E-state index contributed by atoms with van der Waals surface area (Å²) in [7, 11) is 3.19. The Balaban J connectivity index is 1.96. The monoisotopic (exact) mass is 385 g/mol. The first-order valence-electron chi connectivity index (χ1n) is 8.02. The van der Waals surface area contributed by atoms with Crippen molar-refractivity contribution in [3.63, 3.8) is 0 Å². The predicted octanol–water partition coefficient (Wildman–Crippen LogP) is 4.73. The van der Waals surface area contributed by atoms with Crippen LogP contribution in [0.3, 0.4) is 0 Å². The maximum Gasteiger partial charge on any atom is 0.270 e. The van der Waals surface area contributed by atoms with E-state index in [4.69, 9.17) is 21.7 Å². The lowest BCUT2D eigenvalue weighted by Crippen LogP contribution is -2.27. The van der Waals surface area contributed by atoms with Crippen molar-refractivity contribution in [2.45, 2.75) is 13.8 Å². The number of nitrogens with zero attached hydrogens (tertiary/aromatic N) is 1. The molecule has 6 heteroatoms. The molecule has 0 aromatic heterocycles. The van der Waals surface area contributed by atoms with Crippen LogP contribution in [0, 0.1) is 13.8 Å². The maximum atomic E-state index is 12.9. The van der Waals surface area contributed by atoms with Crippen LogP contribution in [-0.2, 0) is 4.79 Å². The van der Waals surface area contributed by atoms with Crippen molar-refractivity contribution < 1.29 is 14.3 Å². The molecule has 3 rings (SSSR count). The molecule has 0 N–H and O–H groups in total. The van der Waals surface area contributed by atoms with Crippen molar-refractivity contribution in [2.24, 2.45) is 0 Å². The highest BCUT2D eigenvalue weighted by atomic mass is 32.2. The quantitative estimate of drug-likeness (QED) is 0.562. The standard InChI is InChI=1S/C20H19NO3S2/c1-12-5-7-15(9-13(12)2)21-19(22)18(26-20(21)25)10-14-6-8-16(23-3)11-17(14)24-4/h5-11H,1-4H3. The van der Waals surface area contributed by atoms with Gasteiger partial charge in [0.15, 0.2) is 4.32 Å². The number of amides is 1. The van der Waals surface area contributed by atoms with Crippen molar-refractivity contribution in [1.82, 2.24) is 0 Å². The molecule has 1 amide bonds. The number of rotatable bonds is 4. The number of thiocarbonyl (C=S) groups is 1. The van der Waals surface area contributed by atoms with Gasteiger partial charge >= 0.3 is 0 Å². The van der Waals surface area contributed by atoms with Crippen LogP contribution < -0.4 is 14.4 Å². The summed E-state index contributed by atoms with van der Waals surface area (Å²) in [5.41, 5.74) is 3.89. The third-order valence-corrected chi connectivity index (χ3v) is 5.57. The van der Waals surface area contributed by atoms with Gasteiger partial charge in [0.1, 0.15) is 11.5 Å². The van der Waals surface area contributed by atoms with Crippen LogP contribution in [0.1, 0.15) is 16.7 Å². The molecule has 1 aliphatic rings. The molecule has 0 radical (unpaired) electrons. The van der Waals surface area contributed by atoms with Crippen LogP contribution >= 0.6 is 24.0 Å². The molecule has 4 nitrogen and oxygen atoms in total. The normalized spacial score (nSPS) is 15.7. The van der Waals surface area contributed by atoms with Gasteiger partial charge in [-0.05, 0) is 55.3 Å². The zero-order valence-corrected chi connectivity index (χ0v) is 16.7. The summed E-state index contributed by atoms with van der Waals surface area (Å²) in [4.78, 5) is 15.1. The zero-order chi connectivity index (χ0) is 18.8. The summed E-state index contributed by atoms with van der Waals surface area (Å²) >= 11 is 6.74. The molecule has 1 fully saturated rings. The van der Waals surface area contributed by atoms with Crippen LogP contribution in [0.2, 0.25) is 0 Å². The van der Waals surface area contributed by atoms with Gasteiger partial charge in [-0.15, -0.1) is 0 Å². The van der Waals surface area contributed by atoms with E-state index in [-0.39, 0.29) is 5.91 Å². The van der Waals surface area contributed by atoms with Gasteiger partial charge in [0, 0.05) is 11.6 Å². The molecule has 0 saturated carbocycles. The van der Waals surface area contributed by atoms with Crippen LogP contribution in [0.15, 0.2) is 41.3 Å². The fourth-order valence-corrected chi connectivity index (χ4v) is 3.92. The van der Waals surface area contributed by atoms with E-state index in [0.29, 0.717) is 20.7 Å². The molecule has 134 valence electrons. The number of aryl methyl sites for hydroxylation is 2. The Hall–Kier alpha value is -2.31. The number of carbonyl (C=O) groups is 1. The number of benzene rings is 2.